The summed E-state index contributed by atoms with van der Waals surface area (Å²) in [7, 11) is 1.27. The molecular formula is C8H10N2O3. The fourth-order valence-corrected chi connectivity index (χ4v) is 0.961. The van der Waals surface area contributed by atoms with Crippen LogP contribution in [-0.4, -0.2) is 18.1 Å². The van der Waals surface area contributed by atoms with Gasteiger partial charge in [-0.25, -0.2) is 4.79 Å². The van der Waals surface area contributed by atoms with Gasteiger partial charge in [0.25, 0.3) is 5.56 Å². The Labute approximate surface area is 74.5 Å². The Morgan fingerprint density at radius 2 is 2.23 bits per heavy atom. The van der Waals surface area contributed by atoms with Crippen LogP contribution in [0.25, 0.3) is 0 Å². The number of nitrogens with two attached hydrogens (primary N) is 1. The van der Waals surface area contributed by atoms with E-state index in [9.17, 15) is 9.59 Å². The summed E-state index contributed by atoms with van der Waals surface area (Å²) >= 11 is 0. The number of aromatic amines is 1. The molecule has 70 valence electrons. The maximum absolute atomic E-state index is 11.1. The molecule has 0 aliphatic heterocycles. The SMILES string of the molecule is COC(=O)c1c[nH]c(=O)c(N)c1C. The lowest BCUT2D eigenvalue weighted by atomic mass is 10.1. The monoisotopic (exact) mass is 182 g/mol. The number of esters is 1. The topological polar surface area (TPSA) is 85.2 Å². The van der Waals surface area contributed by atoms with Crippen molar-refractivity contribution in [3.05, 3.63) is 27.7 Å². The molecular weight excluding hydrogens is 172 g/mol. The third-order valence-corrected chi connectivity index (χ3v) is 1.81. The van der Waals surface area contributed by atoms with Crippen molar-refractivity contribution in [3.8, 4) is 0 Å². The van der Waals surface area contributed by atoms with Crippen molar-refractivity contribution < 1.29 is 9.53 Å². The Morgan fingerprint density at radius 3 is 2.77 bits per heavy atom. The fraction of sp³-hybridized carbons (Fsp3) is 0.250. The van der Waals surface area contributed by atoms with Gasteiger partial charge in [0.15, 0.2) is 0 Å². The Bertz CT molecular complexity index is 395. The highest BCUT2D eigenvalue weighted by Gasteiger charge is 2.12. The molecule has 0 aromatic carbocycles. The second-order valence-electron chi connectivity index (χ2n) is 2.56. The molecule has 0 fully saturated rings. The van der Waals surface area contributed by atoms with Crippen molar-refractivity contribution in [2.75, 3.05) is 12.8 Å². The van der Waals surface area contributed by atoms with E-state index in [0.29, 0.717) is 5.56 Å². The van der Waals surface area contributed by atoms with E-state index in [-0.39, 0.29) is 11.3 Å². The number of aromatic nitrogens is 1. The average molecular weight is 182 g/mol. The summed E-state index contributed by atoms with van der Waals surface area (Å²) in [4.78, 5) is 24.4. The molecule has 1 heterocycles. The van der Waals surface area contributed by atoms with Gasteiger partial charge in [-0.1, -0.05) is 0 Å². The predicted octanol–water partition coefficient (Wildman–Crippen LogP) is 0.0521. The first-order valence-electron chi connectivity index (χ1n) is 3.64. The Balaban J connectivity index is 3.34. The van der Waals surface area contributed by atoms with Gasteiger partial charge in [0.1, 0.15) is 5.69 Å². The van der Waals surface area contributed by atoms with E-state index in [1.54, 1.807) is 6.92 Å². The number of hydrogen-bond acceptors (Lipinski definition) is 4. The Hall–Kier alpha value is -1.78. The van der Waals surface area contributed by atoms with Crippen LogP contribution in [0.5, 0.6) is 0 Å². The first-order valence-corrected chi connectivity index (χ1v) is 3.64. The van der Waals surface area contributed by atoms with Crippen molar-refractivity contribution in [2.45, 2.75) is 6.92 Å². The summed E-state index contributed by atoms with van der Waals surface area (Å²) in [6, 6.07) is 0. The third kappa shape index (κ3) is 1.53. The van der Waals surface area contributed by atoms with E-state index in [0.717, 1.165) is 0 Å². The van der Waals surface area contributed by atoms with Crippen molar-refractivity contribution in [1.29, 1.82) is 0 Å². The maximum atomic E-state index is 11.1. The minimum absolute atomic E-state index is 0.0444. The number of hydrogen-bond donors (Lipinski definition) is 2. The van der Waals surface area contributed by atoms with E-state index in [2.05, 4.69) is 9.72 Å². The van der Waals surface area contributed by atoms with Gasteiger partial charge in [-0.2, -0.15) is 0 Å². The number of ether oxygens (including phenoxy) is 1. The summed E-state index contributed by atoms with van der Waals surface area (Å²) in [6.45, 7) is 1.59. The average Bonchev–Trinajstić information content (AvgIpc) is 2.13. The summed E-state index contributed by atoms with van der Waals surface area (Å²) < 4.78 is 4.50. The summed E-state index contributed by atoms with van der Waals surface area (Å²) in [5, 5.41) is 0. The zero-order valence-corrected chi connectivity index (χ0v) is 7.38. The third-order valence-electron chi connectivity index (χ3n) is 1.81. The summed E-state index contributed by atoms with van der Waals surface area (Å²) in [6.07, 6.45) is 1.29. The number of anilines is 1. The number of carbonyl (C=O) groups excluding carboxylic acids is 1. The van der Waals surface area contributed by atoms with Crippen LogP contribution < -0.4 is 11.3 Å². The predicted molar refractivity (Wildman–Crippen MR) is 47.6 cm³/mol. The van der Waals surface area contributed by atoms with Crippen molar-refractivity contribution >= 4 is 11.7 Å². The van der Waals surface area contributed by atoms with E-state index in [4.69, 9.17) is 5.73 Å². The smallest absolute Gasteiger partial charge is 0.339 e. The number of methoxy groups -OCH3 is 1. The highest BCUT2D eigenvalue weighted by atomic mass is 16.5. The van der Waals surface area contributed by atoms with Crippen LogP contribution in [-0.2, 0) is 4.74 Å². The van der Waals surface area contributed by atoms with Gasteiger partial charge in [-0.05, 0) is 12.5 Å². The first-order chi connectivity index (χ1) is 6.07. The molecule has 1 aromatic heterocycles. The molecule has 5 nitrogen and oxygen atoms in total. The lowest BCUT2D eigenvalue weighted by Gasteiger charge is -2.04. The van der Waals surface area contributed by atoms with Gasteiger partial charge < -0.3 is 15.5 Å². The van der Waals surface area contributed by atoms with Gasteiger partial charge in [0, 0.05) is 6.20 Å². The second kappa shape index (κ2) is 3.30. The number of rotatable bonds is 1. The van der Waals surface area contributed by atoms with Crippen molar-refractivity contribution in [2.24, 2.45) is 0 Å². The van der Waals surface area contributed by atoms with E-state index >= 15 is 0 Å². The fourth-order valence-electron chi connectivity index (χ4n) is 0.961. The van der Waals surface area contributed by atoms with Crippen LogP contribution in [0.2, 0.25) is 0 Å². The largest absolute Gasteiger partial charge is 0.465 e. The molecule has 5 heteroatoms. The maximum Gasteiger partial charge on any atom is 0.339 e. The normalized spacial score (nSPS) is 9.69. The molecule has 0 radical (unpaired) electrons. The zero-order valence-electron chi connectivity index (χ0n) is 7.38. The van der Waals surface area contributed by atoms with Gasteiger partial charge in [0.2, 0.25) is 0 Å². The molecule has 1 aromatic rings. The van der Waals surface area contributed by atoms with Crippen LogP contribution in [0.4, 0.5) is 5.69 Å². The van der Waals surface area contributed by atoms with Gasteiger partial charge in [-0.3, -0.25) is 4.79 Å². The molecule has 1 rings (SSSR count). The second-order valence-corrected chi connectivity index (χ2v) is 2.56. The van der Waals surface area contributed by atoms with Crippen LogP contribution >= 0.6 is 0 Å². The Morgan fingerprint density at radius 1 is 1.62 bits per heavy atom. The van der Waals surface area contributed by atoms with Crippen molar-refractivity contribution in [1.82, 2.24) is 4.98 Å². The number of pyridine rings is 1. The van der Waals surface area contributed by atoms with Crippen LogP contribution in [0, 0.1) is 6.92 Å². The molecule has 0 unspecified atom stereocenters. The van der Waals surface area contributed by atoms with E-state index in [1.165, 1.54) is 13.3 Å². The number of nitrogen functional groups attached to an aromatic ring is 1. The quantitative estimate of drug-likeness (QED) is 0.601. The zero-order chi connectivity index (χ0) is 10.0. The lowest BCUT2D eigenvalue weighted by Crippen LogP contribution is -2.17. The number of H-pyrrole nitrogens is 1. The molecule has 0 spiro atoms. The van der Waals surface area contributed by atoms with Gasteiger partial charge in [-0.15, -0.1) is 0 Å². The van der Waals surface area contributed by atoms with Gasteiger partial charge in [0.05, 0.1) is 12.7 Å². The molecule has 0 saturated heterocycles. The van der Waals surface area contributed by atoms with Crippen LogP contribution in [0.1, 0.15) is 15.9 Å². The Kier molecular flexibility index (Phi) is 2.36. The van der Waals surface area contributed by atoms with Crippen LogP contribution in [0.3, 0.4) is 0 Å². The van der Waals surface area contributed by atoms with E-state index < -0.39 is 11.5 Å². The highest BCUT2D eigenvalue weighted by Crippen LogP contribution is 2.10. The van der Waals surface area contributed by atoms with Gasteiger partial charge >= 0.3 is 5.97 Å². The lowest BCUT2D eigenvalue weighted by molar-refractivity contribution is 0.0599. The first kappa shape index (κ1) is 9.31. The molecule has 13 heavy (non-hydrogen) atoms. The molecule has 0 aliphatic carbocycles. The molecule has 0 bridgehead atoms. The van der Waals surface area contributed by atoms with E-state index in [1.807, 2.05) is 0 Å². The summed E-state index contributed by atoms with van der Waals surface area (Å²) in [5.41, 5.74) is 5.79. The molecule has 0 amide bonds. The molecule has 0 atom stereocenters. The molecule has 0 aliphatic rings. The molecule has 0 saturated carbocycles. The standard InChI is InChI=1S/C8H10N2O3/c1-4-5(8(12)13-2)3-10-7(11)6(4)9/h3H,9H2,1-2H3,(H,10,11). The summed E-state index contributed by atoms with van der Waals surface area (Å²) in [5.74, 6) is -0.513. The van der Waals surface area contributed by atoms with Crippen molar-refractivity contribution in [3.63, 3.8) is 0 Å². The number of carbonyl (C=O) groups is 1. The molecule has 3 N–H and O–H groups in total. The minimum Gasteiger partial charge on any atom is -0.465 e. The minimum atomic E-state index is -0.513. The highest BCUT2D eigenvalue weighted by molar-refractivity contribution is 5.91. The number of nitrogens with one attached hydrogen (secondary N) is 1. The van der Waals surface area contributed by atoms with Crippen LogP contribution in [0.15, 0.2) is 11.0 Å².